The quantitative estimate of drug-likeness (QED) is 0.0504. The average molecular weight is 948 g/mol. The molecule has 0 unspecified atom stereocenters. The minimum Gasteiger partial charge on any atom is -0.507 e. The lowest BCUT2D eigenvalue weighted by atomic mass is 9.85. The van der Waals surface area contributed by atoms with E-state index in [0.717, 1.165) is 21.7 Å². The van der Waals surface area contributed by atoms with Crippen LogP contribution in [0.15, 0.2) is 71.6 Å². The van der Waals surface area contributed by atoms with E-state index in [2.05, 4.69) is 20.9 Å². The van der Waals surface area contributed by atoms with Gasteiger partial charge >= 0.3 is 0 Å². The van der Waals surface area contributed by atoms with Gasteiger partial charge in [0.1, 0.15) is 30.3 Å². The molecule has 67 heavy (non-hydrogen) atoms. The number of phenolic OH excluding ortho intramolecular Hbond substituents is 1. The van der Waals surface area contributed by atoms with Crippen LogP contribution in [0.25, 0.3) is 16.1 Å². The molecular weight excluding hydrogens is 879 g/mol. The van der Waals surface area contributed by atoms with E-state index in [-0.39, 0.29) is 55.0 Å². The molecule has 4 amide bonds. The molecule has 3 aromatic rings. The van der Waals surface area contributed by atoms with Crippen molar-refractivity contribution in [3.63, 3.8) is 0 Å². The monoisotopic (exact) mass is 947 g/mol. The summed E-state index contributed by atoms with van der Waals surface area (Å²) in [6, 6.07) is 13.3. The SMILES string of the molecule is Cc1ncsc1-c1ccc(CNC(=O)[C@@H]2CCCN2C(=O)[C@@H](NC(=O)COCCOCCOCCOCCNC(=O)C2CCN(C(/C=C(\N)c3ccccc3O)=C(N)N)CC2)C(C)(C)C)cc1. The Bertz CT molecular complexity index is 2150. The van der Waals surface area contributed by atoms with E-state index < -0.39 is 23.4 Å². The first-order valence-electron chi connectivity index (χ1n) is 22.8. The number of hydrogen-bond donors (Lipinski definition) is 7. The first kappa shape index (κ1) is 52.2. The molecule has 366 valence electrons. The molecule has 2 atom stereocenters. The lowest BCUT2D eigenvalue weighted by Gasteiger charge is -2.35. The largest absolute Gasteiger partial charge is 0.507 e. The van der Waals surface area contributed by atoms with Gasteiger partial charge in [0.2, 0.25) is 23.6 Å². The van der Waals surface area contributed by atoms with E-state index in [1.165, 1.54) is 0 Å². The number of aromatic hydroxyl groups is 1. The number of aromatic nitrogens is 1. The number of likely N-dealkylation sites (tertiary alicyclic amines) is 2. The van der Waals surface area contributed by atoms with Gasteiger partial charge in [-0.3, -0.25) is 19.2 Å². The zero-order valence-corrected chi connectivity index (χ0v) is 40.0. The van der Waals surface area contributed by atoms with E-state index in [0.29, 0.717) is 108 Å². The van der Waals surface area contributed by atoms with Gasteiger partial charge in [0.05, 0.1) is 68.0 Å². The van der Waals surface area contributed by atoms with Crippen molar-refractivity contribution in [2.75, 3.05) is 79.0 Å². The topological polar surface area (TPSA) is 259 Å². The number of aryl methyl sites for hydroxylation is 1. The highest BCUT2D eigenvalue weighted by Crippen LogP contribution is 2.29. The van der Waals surface area contributed by atoms with Gasteiger partial charge in [0, 0.05) is 49.9 Å². The van der Waals surface area contributed by atoms with Crippen molar-refractivity contribution in [1.82, 2.24) is 30.7 Å². The Morgan fingerprint density at radius 1 is 0.851 bits per heavy atom. The molecule has 0 aliphatic carbocycles. The molecule has 2 aliphatic rings. The number of rotatable bonds is 24. The number of thiazole rings is 1. The Hall–Kier alpha value is -5.73. The minimum absolute atomic E-state index is 0.0351. The lowest BCUT2D eigenvalue weighted by molar-refractivity contribution is -0.144. The fourth-order valence-corrected chi connectivity index (χ4v) is 8.69. The molecule has 0 radical (unpaired) electrons. The molecular formula is C48H69N9O9S. The number of nitrogens with two attached hydrogens (primary N) is 3. The van der Waals surface area contributed by atoms with Crippen molar-refractivity contribution in [3.8, 4) is 16.2 Å². The zero-order chi connectivity index (χ0) is 48.3. The summed E-state index contributed by atoms with van der Waals surface area (Å²) >= 11 is 1.59. The second-order valence-corrected chi connectivity index (χ2v) is 18.5. The standard InChI is InChI=1S/C48H69N9O9S/c1-32-42(67-31-54-32)34-13-11-33(12-14-34)29-53-46(61)38-9-7-18-57(38)47(62)43(48(2,3)4)55-41(59)30-66-27-26-65-25-24-64-23-22-63-21-17-52-45(60)35-15-19-56(20-16-35)39(44(50)51)28-37(49)36-8-5-6-10-40(36)58/h5-6,8,10-14,28,31,35,38,43,58H,7,9,15-27,29-30,49-51H2,1-4H3,(H,52,60)(H,53,61)(H,55,59)/b37-28-/t38-,43+/m0/s1. The van der Waals surface area contributed by atoms with Crippen LogP contribution in [0.4, 0.5) is 0 Å². The normalized spacial score (nSPS) is 16.1. The van der Waals surface area contributed by atoms with Gasteiger partial charge in [0.15, 0.2) is 0 Å². The van der Waals surface area contributed by atoms with Crippen LogP contribution in [-0.2, 0) is 44.7 Å². The Kier molecular flexibility index (Phi) is 20.3. The summed E-state index contributed by atoms with van der Waals surface area (Å²) in [5, 5.41) is 18.9. The highest BCUT2D eigenvalue weighted by atomic mass is 32.1. The number of benzene rings is 2. The fourth-order valence-electron chi connectivity index (χ4n) is 7.88. The molecule has 0 bridgehead atoms. The average Bonchev–Trinajstić information content (AvgIpc) is 3.98. The first-order valence-corrected chi connectivity index (χ1v) is 23.7. The number of carbonyl (C=O) groups is 4. The molecule has 3 heterocycles. The third-order valence-corrected chi connectivity index (χ3v) is 12.6. The van der Waals surface area contributed by atoms with E-state index >= 15 is 0 Å². The Morgan fingerprint density at radius 3 is 2.10 bits per heavy atom. The van der Waals surface area contributed by atoms with Crippen LogP contribution in [-0.4, -0.2) is 135 Å². The third-order valence-electron chi connectivity index (χ3n) is 11.6. The molecule has 0 saturated carbocycles. The van der Waals surface area contributed by atoms with Gasteiger partial charge in [-0.25, -0.2) is 4.98 Å². The molecule has 2 fully saturated rings. The van der Waals surface area contributed by atoms with Gasteiger partial charge < -0.3 is 67.0 Å². The number of piperidine rings is 1. The summed E-state index contributed by atoms with van der Waals surface area (Å²) in [4.78, 5) is 62.0. The van der Waals surface area contributed by atoms with Crippen LogP contribution in [0.5, 0.6) is 5.75 Å². The number of ether oxygens (including phenoxy) is 4. The summed E-state index contributed by atoms with van der Waals surface area (Å²) in [5.41, 5.74) is 23.8. The van der Waals surface area contributed by atoms with Gasteiger partial charge in [-0.2, -0.15) is 0 Å². The molecule has 1 aromatic heterocycles. The van der Waals surface area contributed by atoms with Crippen molar-refractivity contribution in [3.05, 3.63) is 88.5 Å². The first-order chi connectivity index (χ1) is 32.1. The van der Waals surface area contributed by atoms with Crippen LogP contribution in [0, 0.1) is 18.3 Å². The molecule has 2 saturated heterocycles. The maximum absolute atomic E-state index is 13.9. The maximum atomic E-state index is 13.9. The molecule has 0 spiro atoms. The van der Waals surface area contributed by atoms with Crippen LogP contribution >= 0.6 is 11.3 Å². The number of allylic oxidation sites excluding steroid dienone is 1. The smallest absolute Gasteiger partial charge is 0.246 e. The second-order valence-electron chi connectivity index (χ2n) is 17.6. The van der Waals surface area contributed by atoms with Crippen molar-refractivity contribution in [1.29, 1.82) is 0 Å². The number of amides is 4. The van der Waals surface area contributed by atoms with Crippen LogP contribution in [0.3, 0.4) is 0 Å². The summed E-state index contributed by atoms with van der Waals surface area (Å²) in [7, 11) is 0. The van der Waals surface area contributed by atoms with Crippen molar-refractivity contribution in [2.24, 2.45) is 28.5 Å². The lowest BCUT2D eigenvalue weighted by Crippen LogP contribution is -2.58. The number of nitrogens with one attached hydrogen (secondary N) is 3. The maximum Gasteiger partial charge on any atom is 0.246 e. The highest BCUT2D eigenvalue weighted by molar-refractivity contribution is 7.13. The van der Waals surface area contributed by atoms with Crippen LogP contribution in [0.1, 0.15) is 63.3 Å². The number of para-hydroxylation sites is 1. The minimum atomic E-state index is -0.853. The zero-order valence-electron chi connectivity index (χ0n) is 39.2. The number of nitrogens with zero attached hydrogens (tertiary/aromatic N) is 3. The van der Waals surface area contributed by atoms with E-state index in [9.17, 15) is 24.3 Å². The summed E-state index contributed by atoms with van der Waals surface area (Å²) < 4.78 is 22.2. The summed E-state index contributed by atoms with van der Waals surface area (Å²) in [6.45, 7) is 11.8. The summed E-state index contributed by atoms with van der Waals surface area (Å²) in [5.74, 6) is -0.972. The predicted molar refractivity (Wildman–Crippen MR) is 257 cm³/mol. The number of hydrogen-bond acceptors (Lipinski definition) is 15. The molecule has 5 rings (SSSR count). The van der Waals surface area contributed by atoms with Crippen LogP contribution < -0.4 is 33.2 Å². The number of phenols is 1. The van der Waals surface area contributed by atoms with Gasteiger partial charge in [0.25, 0.3) is 0 Å². The molecule has 19 heteroatoms. The summed E-state index contributed by atoms with van der Waals surface area (Å²) in [6.07, 6.45) is 4.12. The fraction of sp³-hybridized carbons (Fsp3) is 0.521. The predicted octanol–water partition coefficient (Wildman–Crippen LogP) is 2.94. The highest BCUT2D eigenvalue weighted by Gasteiger charge is 2.42. The third kappa shape index (κ3) is 16.0. The van der Waals surface area contributed by atoms with E-state index in [4.69, 9.17) is 36.1 Å². The Morgan fingerprint density at radius 2 is 1.49 bits per heavy atom. The molecule has 2 aliphatic heterocycles. The molecule has 10 N–H and O–H groups in total. The van der Waals surface area contributed by atoms with Gasteiger partial charge in [-0.05, 0) is 67.4 Å². The van der Waals surface area contributed by atoms with E-state index in [1.54, 1.807) is 46.6 Å². The van der Waals surface area contributed by atoms with Gasteiger partial charge in [-0.15, -0.1) is 11.3 Å². The van der Waals surface area contributed by atoms with E-state index in [1.807, 2.05) is 62.4 Å². The Labute approximate surface area is 397 Å². The van der Waals surface area contributed by atoms with Crippen molar-refractivity contribution < 1.29 is 43.2 Å². The molecule has 2 aromatic carbocycles. The van der Waals surface area contributed by atoms with Crippen molar-refractivity contribution >= 4 is 40.7 Å². The van der Waals surface area contributed by atoms with Gasteiger partial charge in [-0.1, -0.05) is 57.2 Å². The Balaban J connectivity index is 0.878. The van der Waals surface area contributed by atoms with Crippen LogP contribution in [0.2, 0.25) is 0 Å². The van der Waals surface area contributed by atoms with Crippen molar-refractivity contribution in [2.45, 2.75) is 72.0 Å². The second kappa shape index (κ2) is 26.0. The number of carbonyl (C=O) groups excluding carboxylic acids is 4. The molecule has 18 nitrogen and oxygen atoms in total.